The SMILES string of the molecule is C=CCCCCCC(=O)C1(OC)CCCCCC1. The van der Waals surface area contributed by atoms with Crippen LogP contribution in [0.1, 0.15) is 70.6 Å². The second kappa shape index (κ2) is 8.47. The summed E-state index contributed by atoms with van der Waals surface area (Å²) in [5, 5.41) is 0. The van der Waals surface area contributed by atoms with E-state index in [1.807, 2.05) is 6.08 Å². The van der Waals surface area contributed by atoms with Crippen molar-refractivity contribution in [2.24, 2.45) is 0 Å². The molecule has 0 aliphatic heterocycles. The highest BCUT2D eigenvalue weighted by Gasteiger charge is 2.37. The molecule has 0 unspecified atom stereocenters. The van der Waals surface area contributed by atoms with Crippen LogP contribution in [0.15, 0.2) is 12.7 Å². The molecule has 0 atom stereocenters. The lowest BCUT2D eigenvalue weighted by atomic mass is 9.86. The number of rotatable bonds is 8. The van der Waals surface area contributed by atoms with Crippen molar-refractivity contribution >= 4 is 5.78 Å². The van der Waals surface area contributed by atoms with Crippen LogP contribution in [0.4, 0.5) is 0 Å². The zero-order chi connectivity index (χ0) is 13.3. The number of ketones is 1. The molecule has 0 aromatic rings. The van der Waals surface area contributed by atoms with Crippen molar-refractivity contribution in [1.29, 1.82) is 0 Å². The summed E-state index contributed by atoms with van der Waals surface area (Å²) in [6, 6.07) is 0. The number of methoxy groups -OCH3 is 1. The van der Waals surface area contributed by atoms with Gasteiger partial charge in [-0.3, -0.25) is 4.79 Å². The van der Waals surface area contributed by atoms with E-state index in [9.17, 15) is 4.79 Å². The molecule has 104 valence electrons. The largest absolute Gasteiger partial charge is 0.370 e. The first-order valence-corrected chi connectivity index (χ1v) is 7.44. The molecule has 2 heteroatoms. The number of carbonyl (C=O) groups excluding carboxylic acids is 1. The van der Waals surface area contributed by atoms with Gasteiger partial charge in [0.25, 0.3) is 0 Å². The van der Waals surface area contributed by atoms with Crippen LogP contribution in [0.25, 0.3) is 0 Å². The molecule has 2 nitrogen and oxygen atoms in total. The Balaban J connectivity index is 2.38. The van der Waals surface area contributed by atoms with Crippen LogP contribution in [0.5, 0.6) is 0 Å². The average Bonchev–Trinajstić information content (AvgIpc) is 2.64. The van der Waals surface area contributed by atoms with Crippen molar-refractivity contribution in [2.75, 3.05) is 7.11 Å². The molecule has 1 fully saturated rings. The summed E-state index contributed by atoms with van der Waals surface area (Å²) >= 11 is 0. The van der Waals surface area contributed by atoms with Crippen LogP contribution < -0.4 is 0 Å². The molecule has 0 radical (unpaired) electrons. The van der Waals surface area contributed by atoms with E-state index in [1.165, 1.54) is 12.8 Å². The van der Waals surface area contributed by atoms with Crippen molar-refractivity contribution in [1.82, 2.24) is 0 Å². The van der Waals surface area contributed by atoms with Crippen LogP contribution >= 0.6 is 0 Å². The second-order valence-electron chi connectivity index (χ2n) is 5.42. The summed E-state index contributed by atoms with van der Waals surface area (Å²) in [6.07, 6.45) is 13.6. The van der Waals surface area contributed by atoms with Gasteiger partial charge in [0, 0.05) is 13.5 Å². The van der Waals surface area contributed by atoms with Crippen LogP contribution in [0, 0.1) is 0 Å². The van der Waals surface area contributed by atoms with Crippen molar-refractivity contribution in [3.63, 3.8) is 0 Å². The molecule has 1 saturated carbocycles. The molecule has 0 spiro atoms. The lowest BCUT2D eigenvalue weighted by Gasteiger charge is -2.29. The molecule has 18 heavy (non-hydrogen) atoms. The lowest BCUT2D eigenvalue weighted by molar-refractivity contribution is -0.143. The Kier molecular flexibility index (Phi) is 7.26. The maximum Gasteiger partial charge on any atom is 0.164 e. The second-order valence-corrected chi connectivity index (χ2v) is 5.42. The third-order valence-electron chi connectivity index (χ3n) is 4.12. The first-order chi connectivity index (χ1) is 8.75. The van der Waals surface area contributed by atoms with Gasteiger partial charge in [-0.2, -0.15) is 0 Å². The molecule has 0 heterocycles. The molecule has 0 aromatic carbocycles. The molecule has 1 rings (SSSR count). The molecule has 1 aliphatic carbocycles. The monoisotopic (exact) mass is 252 g/mol. The minimum atomic E-state index is -0.449. The molecule has 0 N–H and O–H groups in total. The van der Waals surface area contributed by atoms with Crippen LogP contribution in [0.3, 0.4) is 0 Å². The number of ether oxygens (including phenoxy) is 1. The van der Waals surface area contributed by atoms with Crippen molar-refractivity contribution in [2.45, 2.75) is 76.2 Å². The number of Topliss-reactive ketones (excluding diaryl/α,β-unsaturated/α-hetero) is 1. The van der Waals surface area contributed by atoms with Gasteiger partial charge in [0.15, 0.2) is 5.78 Å². The van der Waals surface area contributed by atoms with E-state index >= 15 is 0 Å². The fourth-order valence-electron chi connectivity index (χ4n) is 2.88. The van der Waals surface area contributed by atoms with Gasteiger partial charge >= 0.3 is 0 Å². The Morgan fingerprint density at radius 2 is 1.83 bits per heavy atom. The lowest BCUT2D eigenvalue weighted by Crippen LogP contribution is -2.40. The van der Waals surface area contributed by atoms with Gasteiger partial charge in [0.05, 0.1) is 0 Å². The van der Waals surface area contributed by atoms with Crippen LogP contribution in [0.2, 0.25) is 0 Å². The fraction of sp³-hybridized carbons (Fsp3) is 0.812. The number of allylic oxidation sites excluding steroid dienone is 1. The quantitative estimate of drug-likeness (QED) is 0.363. The molecule has 0 amide bonds. The van der Waals surface area contributed by atoms with E-state index in [2.05, 4.69) is 6.58 Å². The average molecular weight is 252 g/mol. The zero-order valence-corrected chi connectivity index (χ0v) is 11.9. The number of hydrogen-bond donors (Lipinski definition) is 0. The Labute approximate surface area is 112 Å². The third kappa shape index (κ3) is 4.56. The van der Waals surface area contributed by atoms with Crippen molar-refractivity contribution in [3.05, 3.63) is 12.7 Å². The summed E-state index contributed by atoms with van der Waals surface area (Å²) < 4.78 is 5.63. The van der Waals surface area contributed by atoms with Gasteiger partial charge in [-0.25, -0.2) is 0 Å². The third-order valence-corrected chi connectivity index (χ3v) is 4.12. The first-order valence-electron chi connectivity index (χ1n) is 7.44. The molecular weight excluding hydrogens is 224 g/mol. The highest BCUT2D eigenvalue weighted by molar-refractivity contribution is 5.87. The standard InChI is InChI=1S/C16H28O2/c1-3-4-5-6-9-12-15(17)16(18-2)13-10-7-8-11-14-16/h3H,1,4-14H2,2H3. The Morgan fingerprint density at radius 1 is 1.17 bits per heavy atom. The van der Waals surface area contributed by atoms with E-state index in [0.29, 0.717) is 12.2 Å². The van der Waals surface area contributed by atoms with E-state index in [0.717, 1.165) is 51.4 Å². The van der Waals surface area contributed by atoms with Gasteiger partial charge in [-0.1, -0.05) is 38.2 Å². The fourth-order valence-corrected chi connectivity index (χ4v) is 2.88. The maximum atomic E-state index is 12.4. The summed E-state index contributed by atoms with van der Waals surface area (Å²) in [5.74, 6) is 0.338. The summed E-state index contributed by atoms with van der Waals surface area (Å²) in [6.45, 7) is 3.71. The minimum Gasteiger partial charge on any atom is -0.370 e. The Hall–Kier alpha value is -0.630. The molecule has 0 bridgehead atoms. The maximum absolute atomic E-state index is 12.4. The predicted molar refractivity (Wildman–Crippen MR) is 75.7 cm³/mol. The van der Waals surface area contributed by atoms with Gasteiger partial charge in [0.2, 0.25) is 0 Å². The normalized spacial score (nSPS) is 19.2. The Bertz CT molecular complexity index is 250. The number of carbonyl (C=O) groups is 1. The topological polar surface area (TPSA) is 26.3 Å². The molecular formula is C16H28O2. The highest BCUT2D eigenvalue weighted by Crippen LogP contribution is 2.32. The van der Waals surface area contributed by atoms with Gasteiger partial charge in [-0.15, -0.1) is 6.58 Å². The van der Waals surface area contributed by atoms with Gasteiger partial charge in [0.1, 0.15) is 5.60 Å². The van der Waals surface area contributed by atoms with Gasteiger partial charge in [-0.05, 0) is 32.1 Å². The van der Waals surface area contributed by atoms with E-state index in [-0.39, 0.29) is 0 Å². The smallest absolute Gasteiger partial charge is 0.164 e. The van der Waals surface area contributed by atoms with Crippen LogP contribution in [-0.2, 0) is 9.53 Å². The number of hydrogen-bond acceptors (Lipinski definition) is 2. The van der Waals surface area contributed by atoms with Crippen molar-refractivity contribution < 1.29 is 9.53 Å². The summed E-state index contributed by atoms with van der Waals surface area (Å²) in [7, 11) is 1.71. The zero-order valence-electron chi connectivity index (χ0n) is 11.9. The summed E-state index contributed by atoms with van der Waals surface area (Å²) in [4.78, 5) is 12.4. The molecule has 0 aromatic heterocycles. The first kappa shape index (κ1) is 15.4. The van der Waals surface area contributed by atoms with E-state index in [4.69, 9.17) is 4.74 Å². The molecule has 0 saturated heterocycles. The van der Waals surface area contributed by atoms with Crippen LogP contribution in [-0.4, -0.2) is 18.5 Å². The Morgan fingerprint density at radius 3 is 2.39 bits per heavy atom. The van der Waals surface area contributed by atoms with E-state index in [1.54, 1.807) is 7.11 Å². The highest BCUT2D eigenvalue weighted by atomic mass is 16.5. The summed E-state index contributed by atoms with van der Waals surface area (Å²) in [5.41, 5.74) is -0.449. The van der Waals surface area contributed by atoms with Crippen molar-refractivity contribution in [3.8, 4) is 0 Å². The van der Waals surface area contributed by atoms with E-state index < -0.39 is 5.60 Å². The molecule has 1 aliphatic rings. The number of unbranched alkanes of at least 4 members (excludes halogenated alkanes) is 3. The minimum absolute atomic E-state index is 0.338. The van der Waals surface area contributed by atoms with Gasteiger partial charge < -0.3 is 4.74 Å². The predicted octanol–water partition coefficient (Wildman–Crippen LogP) is 4.43.